The zero-order chi connectivity index (χ0) is 13.5. The maximum atomic E-state index is 12.6. The first-order valence-electron chi connectivity index (χ1n) is 7.92. The average Bonchev–Trinajstić information content (AvgIpc) is 2.97. The molecular weight excluding hydrogens is 252 g/mol. The highest BCUT2D eigenvalue weighted by atomic mass is 16.1. The molecule has 1 aromatic heterocycles. The van der Waals surface area contributed by atoms with Gasteiger partial charge in [0.25, 0.3) is 5.56 Å². The van der Waals surface area contributed by atoms with E-state index in [1.54, 1.807) is 6.20 Å². The first kappa shape index (κ1) is 12.4. The Balaban J connectivity index is 1.65. The van der Waals surface area contributed by atoms with Gasteiger partial charge in [-0.05, 0) is 45.1 Å². The monoisotopic (exact) mass is 274 g/mol. The molecule has 2 atom stereocenters. The molecule has 1 saturated carbocycles. The summed E-state index contributed by atoms with van der Waals surface area (Å²) in [6, 6.07) is 1.41. The van der Waals surface area contributed by atoms with Gasteiger partial charge >= 0.3 is 0 Å². The largest absolute Gasteiger partial charge is 0.347 e. The molecule has 2 unspecified atom stereocenters. The molecule has 0 radical (unpaired) electrons. The second-order valence-electron chi connectivity index (χ2n) is 6.30. The van der Waals surface area contributed by atoms with Crippen LogP contribution >= 0.6 is 0 Å². The molecule has 3 fully saturated rings. The zero-order valence-corrected chi connectivity index (χ0v) is 11.8. The summed E-state index contributed by atoms with van der Waals surface area (Å²) >= 11 is 0. The van der Waals surface area contributed by atoms with Crippen molar-refractivity contribution in [1.82, 2.24) is 14.9 Å². The number of hydrogen-bond acceptors (Lipinski definition) is 4. The van der Waals surface area contributed by atoms with Crippen LogP contribution in [0.15, 0.2) is 17.2 Å². The van der Waals surface area contributed by atoms with E-state index in [9.17, 15) is 4.79 Å². The minimum absolute atomic E-state index is 0.111. The normalized spacial score (nSPS) is 30.1. The van der Waals surface area contributed by atoms with Crippen LogP contribution in [0.2, 0.25) is 0 Å². The van der Waals surface area contributed by atoms with Crippen LogP contribution in [0.3, 0.4) is 0 Å². The van der Waals surface area contributed by atoms with Gasteiger partial charge in [-0.15, -0.1) is 0 Å². The summed E-state index contributed by atoms with van der Waals surface area (Å²) in [4.78, 5) is 19.3. The lowest BCUT2D eigenvalue weighted by Crippen LogP contribution is -2.46. The summed E-state index contributed by atoms with van der Waals surface area (Å²) in [6.07, 6.45) is 10.7. The molecule has 0 amide bonds. The Morgan fingerprint density at radius 1 is 1.20 bits per heavy atom. The molecule has 0 spiro atoms. The van der Waals surface area contributed by atoms with Crippen LogP contribution in [0, 0.1) is 0 Å². The summed E-state index contributed by atoms with van der Waals surface area (Å²) < 4.78 is 1.89. The topological polar surface area (TPSA) is 50.2 Å². The molecule has 20 heavy (non-hydrogen) atoms. The number of nitrogens with one attached hydrogen (secondary N) is 1. The molecule has 3 aliphatic rings. The summed E-state index contributed by atoms with van der Waals surface area (Å²) in [5, 5.41) is 3.59. The van der Waals surface area contributed by atoms with Crippen LogP contribution in [-0.4, -0.2) is 34.7 Å². The van der Waals surface area contributed by atoms with Crippen molar-refractivity contribution in [2.45, 2.75) is 56.7 Å². The molecule has 0 bridgehead atoms. The Hall–Kier alpha value is -1.36. The van der Waals surface area contributed by atoms with Gasteiger partial charge in [0, 0.05) is 37.1 Å². The number of aromatic nitrogens is 2. The van der Waals surface area contributed by atoms with Crippen LogP contribution in [0.4, 0.5) is 5.82 Å². The Morgan fingerprint density at radius 2 is 2.10 bits per heavy atom. The van der Waals surface area contributed by atoms with Gasteiger partial charge < -0.3 is 14.8 Å². The Morgan fingerprint density at radius 3 is 2.85 bits per heavy atom. The molecule has 5 nitrogen and oxygen atoms in total. The van der Waals surface area contributed by atoms with Gasteiger partial charge in [0.05, 0.1) is 0 Å². The molecule has 108 valence electrons. The Labute approximate surface area is 119 Å². The smallest absolute Gasteiger partial charge is 0.293 e. The van der Waals surface area contributed by atoms with Gasteiger partial charge in [-0.2, -0.15) is 0 Å². The van der Waals surface area contributed by atoms with Gasteiger partial charge in [-0.3, -0.25) is 4.79 Å². The van der Waals surface area contributed by atoms with Crippen molar-refractivity contribution >= 4 is 5.82 Å². The highest BCUT2D eigenvalue weighted by molar-refractivity contribution is 5.40. The Kier molecular flexibility index (Phi) is 3.02. The van der Waals surface area contributed by atoms with E-state index in [2.05, 4.69) is 15.2 Å². The molecule has 0 aromatic carbocycles. The third-order valence-corrected chi connectivity index (χ3v) is 4.92. The summed E-state index contributed by atoms with van der Waals surface area (Å²) in [6.45, 7) is 2.09. The first-order chi connectivity index (χ1) is 9.84. The predicted octanol–water partition coefficient (Wildman–Crippen LogP) is 1.30. The first-order valence-corrected chi connectivity index (χ1v) is 7.92. The minimum Gasteiger partial charge on any atom is -0.347 e. The zero-order valence-electron chi connectivity index (χ0n) is 11.8. The van der Waals surface area contributed by atoms with Crippen molar-refractivity contribution in [1.29, 1.82) is 0 Å². The quantitative estimate of drug-likeness (QED) is 0.902. The van der Waals surface area contributed by atoms with Crippen molar-refractivity contribution in [3.8, 4) is 0 Å². The van der Waals surface area contributed by atoms with Crippen molar-refractivity contribution in [2.24, 2.45) is 0 Å². The molecule has 1 N–H and O–H groups in total. The lowest BCUT2D eigenvalue weighted by Gasteiger charge is -2.30. The van der Waals surface area contributed by atoms with Gasteiger partial charge in [0.15, 0.2) is 5.82 Å². The summed E-state index contributed by atoms with van der Waals surface area (Å²) in [7, 11) is 0. The minimum atomic E-state index is 0.111. The molecule has 2 saturated heterocycles. The van der Waals surface area contributed by atoms with E-state index in [1.165, 1.54) is 25.7 Å². The second-order valence-corrected chi connectivity index (χ2v) is 6.30. The maximum Gasteiger partial charge on any atom is 0.293 e. The lowest BCUT2D eigenvalue weighted by molar-refractivity contribution is 0.479. The van der Waals surface area contributed by atoms with E-state index in [0.29, 0.717) is 23.9 Å². The van der Waals surface area contributed by atoms with Crippen molar-refractivity contribution in [2.75, 3.05) is 18.0 Å². The van der Waals surface area contributed by atoms with E-state index in [4.69, 9.17) is 0 Å². The number of anilines is 1. The van der Waals surface area contributed by atoms with Gasteiger partial charge in [-0.25, -0.2) is 4.98 Å². The maximum absolute atomic E-state index is 12.6. The second kappa shape index (κ2) is 4.88. The summed E-state index contributed by atoms with van der Waals surface area (Å²) in [5.74, 6) is 0.676. The van der Waals surface area contributed by atoms with Crippen LogP contribution in [-0.2, 0) is 0 Å². The van der Waals surface area contributed by atoms with Crippen molar-refractivity contribution in [3.63, 3.8) is 0 Å². The lowest BCUT2D eigenvalue weighted by atomic mass is 10.0. The Bertz CT molecular complexity index is 545. The van der Waals surface area contributed by atoms with E-state index in [-0.39, 0.29) is 5.56 Å². The van der Waals surface area contributed by atoms with Crippen LogP contribution in [0.5, 0.6) is 0 Å². The fourth-order valence-corrected chi connectivity index (χ4v) is 3.77. The average molecular weight is 274 g/mol. The fourth-order valence-electron chi connectivity index (χ4n) is 3.77. The molecule has 4 rings (SSSR count). The highest BCUT2D eigenvalue weighted by Crippen LogP contribution is 2.34. The molecule has 5 heteroatoms. The SMILES string of the molecule is O=c1c(N2CCCC2C2CCCN2)nccn1C1CC1. The van der Waals surface area contributed by atoms with E-state index < -0.39 is 0 Å². The van der Waals surface area contributed by atoms with Gasteiger partial charge in [0.2, 0.25) is 0 Å². The third-order valence-electron chi connectivity index (χ3n) is 4.92. The summed E-state index contributed by atoms with van der Waals surface area (Å²) in [5.41, 5.74) is 0.111. The van der Waals surface area contributed by atoms with Gasteiger partial charge in [-0.1, -0.05) is 0 Å². The number of hydrogen-bond donors (Lipinski definition) is 1. The van der Waals surface area contributed by atoms with E-state index in [0.717, 1.165) is 25.9 Å². The predicted molar refractivity (Wildman–Crippen MR) is 78.2 cm³/mol. The third kappa shape index (κ3) is 2.04. The van der Waals surface area contributed by atoms with Crippen molar-refractivity contribution in [3.05, 3.63) is 22.7 Å². The number of nitrogens with zero attached hydrogens (tertiary/aromatic N) is 3. The molecular formula is C15H22N4O. The van der Waals surface area contributed by atoms with Gasteiger partial charge in [0.1, 0.15) is 0 Å². The molecule has 2 aliphatic heterocycles. The van der Waals surface area contributed by atoms with E-state index in [1.807, 2.05) is 10.8 Å². The van der Waals surface area contributed by atoms with Crippen LogP contribution in [0.25, 0.3) is 0 Å². The fraction of sp³-hybridized carbons (Fsp3) is 0.733. The van der Waals surface area contributed by atoms with Crippen LogP contribution in [0.1, 0.15) is 44.6 Å². The van der Waals surface area contributed by atoms with Crippen LogP contribution < -0.4 is 15.8 Å². The van der Waals surface area contributed by atoms with E-state index >= 15 is 0 Å². The number of rotatable bonds is 3. The molecule has 1 aliphatic carbocycles. The van der Waals surface area contributed by atoms with Crippen molar-refractivity contribution < 1.29 is 0 Å². The molecule has 1 aromatic rings. The highest BCUT2D eigenvalue weighted by Gasteiger charge is 2.36. The standard InChI is InChI=1S/C15H22N4O/c20-15-14(17-8-10-18(15)11-5-6-11)19-9-2-4-13(19)12-3-1-7-16-12/h8,10-13,16H,1-7,9H2. The molecule has 3 heterocycles.